The van der Waals surface area contributed by atoms with Gasteiger partial charge in [0.05, 0.1) is 16.8 Å². The molecule has 18 heavy (non-hydrogen) atoms. The molecule has 2 N–H and O–H groups in total. The van der Waals surface area contributed by atoms with Crippen molar-refractivity contribution >= 4 is 45.0 Å². The summed E-state index contributed by atoms with van der Waals surface area (Å²) in [6.45, 7) is 0.417. The van der Waals surface area contributed by atoms with E-state index >= 15 is 0 Å². The minimum atomic E-state index is -3.93. The van der Waals surface area contributed by atoms with E-state index in [-0.39, 0.29) is 5.75 Å². The lowest BCUT2D eigenvalue weighted by Crippen LogP contribution is -2.08. The number of rotatable bonds is 4. The van der Waals surface area contributed by atoms with Crippen molar-refractivity contribution < 1.29 is 13.0 Å². The summed E-state index contributed by atoms with van der Waals surface area (Å²) in [6, 6.07) is 5.31. The molecule has 8 heteroatoms. The Labute approximate surface area is 114 Å². The van der Waals surface area contributed by atoms with Gasteiger partial charge in [0.25, 0.3) is 10.1 Å². The Kier molecular flexibility index (Phi) is 3.76. The van der Waals surface area contributed by atoms with Crippen LogP contribution in [0.15, 0.2) is 18.2 Å². The predicted molar refractivity (Wildman–Crippen MR) is 73.2 cm³/mol. The van der Waals surface area contributed by atoms with Crippen molar-refractivity contribution in [2.45, 2.75) is 13.0 Å². The van der Waals surface area contributed by atoms with E-state index in [0.29, 0.717) is 22.8 Å². The number of halogens is 1. The first kappa shape index (κ1) is 13.5. The summed E-state index contributed by atoms with van der Waals surface area (Å²) in [4.78, 5) is 3.00. The normalized spacial score (nSPS) is 12.1. The molecule has 0 saturated carbocycles. The van der Waals surface area contributed by atoms with Crippen LogP contribution >= 0.6 is 23.8 Å². The van der Waals surface area contributed by atoms with Gasteiger partial charge in [-0.05, 0) is 36.8 Å². The molecule has 98 valence electrons. The summed E-state index contributed by atoms with van der Waals surface area (Å²) >= 11 is 11.0. The van der Waals surface area contributed by atoms with Crippen LogP contribution in [0.3, 0.4) is 0 Å². The average molecular weight is 307 g/mol. The summed E-state index contributed by atoms with van der Waals surface area (Å²) < 4.78 is 32.3. The van der Waals surface area contributed by atoms with Crippen LogP contribution in [0, 0.1) is 4.77 Å². The SMILES string of the molecule is O=S(=O)(O)CCCn1c(=S)[nH]c2cc(Cl)ccc21. The molecule has 0 aliphatic heterocycles. The number of hydrogen-bond donors (Lipinski definition) is 2. The van der Waals surface area contributed by atoms with E-state index in [9.17, 15) is 8.42 Å². The first-order valence-electron chi connectivity index (χ1n) is 5.20. The van der Waals surface area contributed by atoms with Crippen LogP contribution in [0.1, 0.15) is 6.42 Å². The molecule has 0 saturated heterocycles. The third-order valence-corrected chi connectivity index (χ3v) is 3.88. The van der Waals surface area contributed by atoms with Gasteiger partial charge < -0.3 is 9.55 Å². The molecule has 0 bridgehead atoms. The Bertz CT molecular complexity index is 733. The Morgan fingerprint density at radius 1 is 1.44 bits per heavy atom. The van der Waals surface area contributed by atoms with Crippen LogP contribution in [-0.2, 0) is 16.7 Å². The Morgan fingerprint density at radius 3 is 2.83 bits per heavy atom. The summed E-state index contributed by atoms with van der Waals surface area (Å²) in [5, 5.41) is 0.601. The van der Waals surface area contributed by atoms with Crippen LogP contribution < -0.4 is 0 Å². The molecule has 1 heterocycles. The van der Waals surface area contributed by atoms with Gasteiger partial charge >= 0.3 is 0 Å². The smallest absolute Gasteiger partial charge is 0.264 e. The van der Waals surface area contributed by atoms with Crippen molar-refractivity contribution in [2.24, 2.45) is 0 Å². The van der Waals surface area contributed by atoms with E-state index in [4.69, 9.17) is 28.4 Å². The molecule has 5 nitrogen and oxygen atoms in total. The summed E-state index contributed by atoms with van der Waals surface area (Å²) in [5.74, 6) is -0.283. The number of benzene rings is 1. The zero-order valence-electron chi connectivity index (χ0n) is 9.26. The van der Waals surface area contributed by atoms with Crippen molar-refractivity contribution in [1.29, 1.82) is 0 Å². The molecule has 0 aliphatic carbocycles. The first-order valence-corrected chi connectivity index (χ1v) is 7.59. The molecule has 0 spiro atoms. The van der Waals surface area contributed by atoms with Crippen LogP contribution in [-0.4, -0.2) is 28.3 Å². The molecular formula is C10H11ClN2O3S2. The summed E-state index contributed by atoms with van der Waals surface area (Å²) in [5.41, 5.74) is 1.67. The van der Waals surface area contributed by atoms with Gasteiger partial charge in [0.15, 0.2) is 4.77 Å². The number of fused-ring (bicyclic) bond motifs is 1. The van der Waals surface area contributed by atoms with Gasteiger partial charge in [0.2, 0.25) is 0 Å². The third-order valence-electron chi connectivity index (χ3n) is 2.52. The number of H-pyrrole nitrogens is 1. The maximum absolute atomic E-state index is 10.6. The van der Waals surface area contributed by atoms with Crippen LogP contribution in [0.4, 0.5) is 0 Å². The molecule has 0 atom stereocenters. The lowest BCUT2D eigenvalue weighted by Gasteiger charge is -2.03. The Morgan fingerprint density at radius 2 is 2.17 bits per heavy atom. The lowest BCUT2D eigenvalue weighted by atomic mass is 10.3. The number of nitrogens with zero attached hydrogens (tertiary/aromatic N) is 1. The third kappa shape index (κ3) is 3.11. The molecule has 0 fully saturated rings. The summed E-state index contributed by atoms with van der Waals surface area (Å²) in [6.07, 6.45) is 0.294. The van der Waals surface area contributed by atoms with E-state index in [2.05, 4.69) is 4.98 Å². The van der Waals surface area contributed by atoms with Crippen LogP contribution in [0.5, 0.6) is 0 Å². The molecule has 0 aliphatic rings. The van der Waals surface area contributed by atoms with E-state index in [1.165, 1.54) is 0 Å². The van der Waals surface area contributed by atoms with E-state index in [0.717, 1.165) is 11.0 Å². The lowest BCUT2D eigenvalue weighted by molar-refractivity contribution is 0.478. The Hall–Kier alpha value is -0.890. The second-order valence-corrected chi connectivity index (χ2v) is 6.28. The molecule has 0 amide bonds. The highest BCUT2D eigenvalue weighted by molar-refractivity contribution is 7.85. The molecular weight excluding hydrogens is 296 g/mol. The molecule has 2 rings (SSSR count). The van der Waals surface area contributed by atoms with Gasteiger partial charge in [-0.1, -0.05) is 11.6 Å². The summed E-state index contributed by atoms with van der Waals surface area (Å²) in [7, 11) is -3.93. The largest absolute Gasteiger partial charge is 0.331 e. The zero-order valence-corrected chi connectivity index (χ0v) is 11.6. The van der Waals surface area contributed by atoms with Gasteiger partial charge in [-0.2, -0.15) is 8.42 Å². The minimum Gasteiger partial charge on any atom is -0.331 e. The number of imidazole rings is 1. The molecule has 0 radical (unpaired) electrons. The van der Waals surface area contributed by atoms with Crippen molar-refractivity contribution in [2.75, 3.05) is 5.75 Å². The number of nitrogens with one attached hydrogen (secondary N) is 1. The quantitative estimate of drug-likeness (QED) is 0.672. The maximum Gasteiger partial charge on any atom is 0.264 e. The highest BCUT2D eigenvalue weighted by Gasteiger charge is 2.08. The molecule has 0 unspecified atom stereocenters. The topological polar surface area (TPSA) is 75.1 Å². The number of aryl methyl sites for hydroxylation is 1. The Balaban J connectivity index is 2.28. The molecule has 1 aromatic heterocycles. The van der Waals surface area contributed by atoms with Crippen molar-refractivity contribution in [3.05, 3.63) is 28.0 Å². The van der Waals surface area contributed by atoms with Crippen molar-refractivity contribution in [1.82, 2.24) is 9.55 Å². The predicted octanol–water partition coefficient (Wildman–Crippen LogP) is 2.63. The second kappa shape index (κ2) is 5.00. The second-order valence-electron chi connectivity index (χ2n) is 3.88. The van der Waals surface area contributed by atoms with Gasteiger partial charge in [0.1, 0.15) is 0 Å². The molecule has 1 aromatic carbocycles. The number of aromatic amines is 1. The van der Waals surface area contributed by atoms with Crippen molar-refractivity contribution in [3.8, 4) is 0 Å². The fourth-order valence-electron chi connectivity index (χ4n) is 1.76. The highest BCUT2D eigenvalue weighted by Crippen LogP contribution is 2.19. The zero-order chi connectivity index (χ0) is 13.3. The highest BCUT2D eigenvalue weighted by atomic mass is 35.5. The monoisotopic (exact) mass is 306 g/mol. The van der Waals surface area contributed by atoms with E-state index in [1.54, 1.807) is 16.7 Å². The van der Waals surface area contributed by atoms with Crippen LogP contribution in [0.25, 0.3) is 11.0 Å². The van der Waals surface area contributed by atoms with E-state index < -0.39 is 10.1 Å². The molecule has 2 aromatic rings. The standard InChI is InChI=1S/C10H11ClN2O3S2/c11-7-2-3-9-8(6-7)12-10(17)13(9)4-1-5-18(14,15)16/h2-3,6H,1,4-5H2,(H,12,17)(H,14,15,16). The van der Waals surface area contributed by atoms with Gasteiger partial charge in [-0.3, -0.25) is 4.55 Å². The van der Waals surface area contributed by atoms with Gasteiger partial charge in [-0.15, -0.1) is 0 Å². The van der Waals surface area contributed by atoms with E-state index in [1.807, 2.05) is 6.07 Å². The fourth-order valence-corrected chi connectivity index (χ4v) is 2.73. The van der Waals surface area contributed by atoms with Crippen LogP contribution in [0.2, 0.25) is 5.02 Å². The first-order chi connectivity index (χ1) is 8.37. The van der Waals surface area contributed by atoms with Gasteiger partial charge in [0, 0.05) is 11.6 Å². The fraction of sp³-hybridized carbons (Fsp3) is 0.300. The number of aromatic nitrogens is 2. The average Bonchev–Trinajstić information content (AvgIpc) is 2.52. The maximum atomic E-state index is 10.6. The van der Waals surface area contributed by atoms with Crippen molar-refractivity contribution in [3.63, 3.8) is 0 Å². The number of hydrogen-bond acceptors (Lipinski definition) is 3. The van der Waals surface area contributed by atoms with Gasteiger partial charge in [-0.25, -0.2) is 0 Å². The minimum absolute atomic E-state index is 0.283.